The summed E-state index contributed by atoms with van der Waals surface area (Å²) in [5, 5.41) is 9.07. The van der Waals surface area contributed by atoms with E-state index in [-0.39, 0.29) is 6.10 Å². The van der Waals surface area contributed by atoms with Gasteiger partial charge in [0.25, 0.3) is 0 Å². The molecule has 3 heteroatoms. The van der Waals surface area contributed by atoms with Crippen LogP contribution in [0.2, 0.25) is 0 Å². The summed E-state index contributed by atoms with van der Waals surface area (Å²) < 4.78 is 4.90. The molecule has 0 aliphatic carbocycles. The van der Waals surface area contributed by atoms with Crippen molar-refractivity contribution in [2.24, 2.45) is 0 Å². The molecule has 1 aromatic rings. The Morgan fingerprint density at radius 1 is 1.58 bits per heavy atom. The minimum atomic E-state index is -0.319. The minimum absolute atomic E-state index is 0.319. The summed E-state index contributed by atoms with van der Waals surface area (Å²) in [6.45, 7) is 1.75. The molecule has 0 saturated heterocycles. The van der Waals surface area contributed by atoms with Crippen molar-refractivity contribution >= 4 is 0 Å². The van der Waals surface area contributed by atoms with Crippen molar-refractivity contribution in [2.75, 3.05) is 7.11 Å². The molecule has 0 aromatic carbocycles. The minimum Gasteiger partial charge on any atom is -0.481 e. The summed E-state index contributed by atoms with van der Waals surface area (Å²) in [4.78, 5) is 4.02. The lowest BCUT2D eigenvalue weighted by atomic mass is 10.1. The molecule has 0 aliphatic heterocycles. The zero-order valence-electron chi connectivity index (χ0n) is 7.32. The maximum Gasteiger partial charge on any atom is 0.212 e. The fourth-order valence-corrected chi connectivity index (χ4v) is 0.994. The molecule has 66 valence electrons. The topological polar surface area (TPSA) is 42.4 Å². The smallest absolute Gasteiger partial charge is 0.212 e. The SMILES string of the molecule is COc1ccc(C[C@H](C)O)cn1. The molecule has 1 aromatic heterocycles. The van der Waals surface area contributed by atoms with Gasteiger partial charge in [0, 0.05) is 12.3 Å². The third-order valence-electron chi connectivity index (χ3n) is 1.54. The Morgan fingerprint density at radius 3 is 2.75 bits per heavy atom. The first kappa shape index (κ1) is 9.00. The van der Waals surface area contributed by atoms with Gasteiger partial charge in [0.2, 0.25) is 5.88 Å². The molecule has 0 radical (unpaired) electrons. The van der Waals surface area contributed by atoms with Gasteiger partial charge in [-0.3, -0.25) is 0 Å². The Kier molecular flexibility index (Phi) is 3.05. The number of aromatic nitrogens is 1. The average molecular weight is 167 g/mol. The van der Waals surface area contributed by atoms with Crippen LogP contribution in [-0.4, -0.2) is 23.3 Å². The number of pyridine rings is 1. The molecule has 0 spiro atoms. The van der Waals surface area contributed by atoms with Gasteiger partial charge in [0.15, 0.2) is 0 Å². The summed E-state index contributed by atoms with van der Waals surface area (Å²) >= 11 is 0. The maximum absolute atomic E-state index is 9.07. The summed E-state index contributed by atoms with van der Waals surface area (Å²) in [6.07, 6.45) is 2.03. The third kappa shape index (κ3) is 2.51. The van der Waals surface area contributed by atoms with Gasteiger partial charge in [0.05, 0.1) is 13.2 Å². The number of ether oxygens (including phenoxy) is 1. The lowest BCUT2D eigenvalue weighted by molar-refractivity contribution is 0.195. The number of rotatable bonds is 3. The van der Waals surface area contributed by atoms with Crippen molar-refractivity contribution < 1.29 is 9.84 Å². The van der Waals surface area contributed by atoms with E-state index in [1.54, 1.807) is 26.3 Å². The number of hydrogen-bond donors (Lipinski definition) is 1. The highest BCUT2D eigenvalue weighted by atomic mass is 16.5. The molecular weight excluding hydrogens is 154 g/mol. The standard InChI is InChI=1S/C9H13NO2/c1-7(11)5-8-3-4-9(12-2)10-6-8/h3-4,6-7,11H,5H2,1-2H3/t7-/m0/s1. The van der Waals surface area contributed by atoms with Crippen LogP contribution in [0, 0.1) is 0 Å². The second-order valence-corrected chi connectivity index (χ2v) is 2.76. The summed E-state index contributed by atoms with van der Waals surface area (Å²) in [5.74, 6) is 0.601. The molecule has 12 heavy (non-hydrogen) atoms. The van der Waals surface area contributed by atoms with Gasteiger partial charge in [-0.1, -0.05) is 6.07 Å². The Balaban J connectivity index is 2.65. The Hall–Kier alpha value is -1.09. The number of aliphatic hydroxyl groups is 1. The largest absolute Gasteiger partial charge is 0.481 e. The molecule has 0 bridgehead atoms. The first-order valence-electron chi connectivity index (χ1n) is 3.89. The van der Waals surface area contributed by atoms with Gasteiger partial charge in [-0.25, -0.2) is 4.98 Å². The van der Waals surface area contributed by atoms with Crippen LogP contribution in [0.15, 0.2) is 18.3 Å². The van der Waals surface area contributed by atoms with Crippen molar-refractivity contribution in [2.45, 2.75) is 19.4 Å². The predicted molar refractivity (Wildman–Crippen MR) is 46.2 cm³/mol. The zero-order valence-corrected chi connectivity index (χ0v) is 7.32. The van der Waals surface area contributed by atoms with E-state index < -0.39 is 0 Å². The van der Waals surface area contributed by atoms with Crippen molar-refractivity contribution in [3.63, 3.8) is 0 Å². The van der Waals surface area contributed by atoms with Gasteiger partial charge in [-0.2, -0.15) is 0 Å². The van der Waals surface area contributed by atoms with E-state index in [9.17, 15) is 0 Å². The summed E-state index contributed by atoms with van der Waals surface area (Å²) in [6, 6.07) is 3.69. The number of methoxy groups -OCH3 is 1. The summed E-state index contributed by atoms with van der Waals surface area (Å²) in [7, 11) is 1.58. The molecule has 0 amide bonds. The second-order valence-electron chi connectivity index (χ2n) is 2.76. The van der Waals surface area contributed by atoms with Gasteiger partial charge >= 0.3 is 0 Å². The Bertz CT molecular complexity index is 231. The lowest BCUT2D eigenvalue weighted by Crippen LogP contribution is -2.04. The third-order valence-corrected chi connectivity index (χ3v) is 1.54. The highest BCUT2D eigenvalue weighted by molar-refractivity contribution is 5.18. The van der Waals surface area contributed by atoms with Crippen LogP contribution in [0.4, 0.5) is 0 Å². The molecule has 3 nitrogen and oxygen atoms in total. The van der Waals surface area contributed by atoms with Crippen LogP contribution < -0.4 is 4.74 Å². The van der Waals surface area contributed by atoms with Crippen molar-refractivity contribution in [1.82, 2.24) is 4.98 Å². The van der Waals surface area contributed by atoms with Crippen molar-refractivity contribution in [1.29, 1.82) is 0 Å². The summed E-state index contributed by atoms with van der Waals surface area (Å²) in [5.41, 5.74) is 1.02. The van der Waals surface area contributed by atoms with Crippen molar-refractivity contribution in [3.05, 3.63) is 23.9 Å². The zero-order chi connectivity index (χ0) is 8.97. The molecular formula is C9H13NO2. The molecule has 1 heterocycles. The monoisotopic (exact) mass is 167 g/mol. The molecule has 0 fully saturated rings. The quantitative estimate of drug-likeness (QED) is 0.730. The Labute approximate surface area is 72.0 Å². The van der Waals surface area contributed by atoms with Gasteiger partial charge in [-0.05, 0) is 18.9 Å². The van der Waals surface area contributed by atoms with Crippen LogP contribution in [0.1, 0.15) is 12.5 Å². The van der Waals surface area contributed by atoms with Crippen LogP contribution >= 0.6 is 0 Å². The van der Waals surface area contributed by atoms with E-state index in [2.05, 4.69) is 4.98 Å². The van der Waals surface area contributed by atoms with E-state index in [0.717, 1.165) is 5.56 Å². The van der Waals surface area contributed by atoms with Crippen molar-refractivity contribution in [3.8, 4) is 5.88 Å². The maximum atomic E-state index is 9.07. The van der Waals surface area contributed by atoms with E-state index in [4.69, 9.17) is 9.84 Å². The molecule has 0 aliphatic rings. The highest BCUT2D eigenvalue weighted by Gasteiger charge is 1.99. The average Bonchev–Trinajstić information content (AvgIpc) is 2.05. The Morgan fingerprint density at radius 2 is 2.33 bits per heavy atom. The highest BCUT2D eigenvalue weighted by Crippen LogP contribution is 2.08. The predicted octanol–water partition coefficient (Wildman–Crippen LogP) is 1.01. The number of hydrogen-bond acceptors (Lipinski definition) is 3. The fourth-order valence-electron chi connectivity index (χ4n) is 0.994. The first-order valence-corrected chi connectivity index (χ1v) is 3.89. The number of nitrogens with zero attached hydrogens (tertiary/aromatic N) is 1. The molecule has 0 saturated carbocycles. The fraction of sp³-hybridized carbons (Fsp3) is 0.444. The number of aliphatic hydroxyl groups excluding tert-OH is 1. The molecule has 1 N–H and O–H groups in total. The van der Waals surface area contributed by atoms with Crippen LogP contribution in [0.25, 0.3) is 0 Å². The lowest BCUT2D eigenvalue weighted by Gasteiger charge is -2.04. The van der Waals surface area contributed by atoms with Gasteiger partial charge in [0.1, 0.15) is 0 Å². The van der Waals surface area contributed by atoms with Gasteiger partial charge < -0.3 is 9.84 Å². The molecule has 1 rings (SSSR count). The van der Waals surface area contributed by atoms with E-state index in [1.807, 2.05) is 6.07 Å². The van der Waals surface area contributed by atoms with Crippen LogP contribution in [-0.2, 0) is 6.42 Å². The van der Waals surface area contributed by atoms with E-state index in [1.165, 1.54) is 0 Å². The molecule has 0 unspecified atom stereocenters. The second kappa shape index (κ2) is 4.07. The van der Waals surface area contributed by atoms with E-state index >= 15 is 0 Å². The van der Waals surface area contributed by atoms with E-state index in [0.29, 0.717) is 12.3 Å². The molecule has 1 atom stereocenters. The van der Waals surface area contributed by atoms with Gasteiger partial charge in [-0.15, -0.1) is 0 Å². The first-order chi connectivity index (χ1) is 5.72. The normalized spacial score (nSPS) is 12.6. The van der Waals surface area contributed by atoms with Crippen LogP contribution in [0.3, 0.4) is 0 Å². The van der Waals surface area contributed by atoms with Crippen LogP contribution in [0.5, 0.6) is 5.88 Å².